The zero-order valence-corrected chi connectivity index (χ0v) is 17.8. The smallest absolute Gasteiger partial charge is 0.477 e. The van der Waals surface area contributed by atoms with Crippen molar-refractivity contribution in [3.8, 4) is 5.88 Å². The minimum Gasteiger partial charge on any atom is -0.477 e. The minimum absolute atomic E-state index is 0. The second kappa shape index (κ2) is 10.1. The van der Waals surface area contributed by atoms with E-state index < -0.39 is 54.4 Å². The Morgan fingerprint density at radius 3 is 2.36 bits per heavy atom. The van der Waals surface area contributed by atoms with Crippen molar-refractivity contribution in [2.45, 2.75) is 4.21 Å². The molecule has 13 heteroatoms. The van der Waals surface area contributed by atoms with Crippen LogP contribution in [0.15, 0.2) is 4.21 Å². The maximum atomic E-state index is 11.4. The molecule has 9 nitrogen and oxygen atoms in total. The van der Waals surface area contributed by atoms with Crippen molar-refractivity contribution >= 4 is 44.3 Å². The first-order valence-electron chi connectivity index (χ1n) is 4.70. The quantitative estimate of drug-likeness (QED) is 0.326. The van der Waals surface area contributed by atoms with Crippen molar-refractivity contribution in [1.29, 1.82) is 0 Å². The normalized spacial score (nSPS) is 11.5. The van der Waals surface area contributed by atoms with Gasteiger partial charge in [0.2, 0.25) is 0 Å². The number of rotatable bonds is 5. The summed E-state index contributed by atoms with van der Waals surface area (Å²) in [6.07, 6.45) is 0.753. The fourth-order valence-corrected chi connectivity index (χ4v) is 3.02. The fourth-order valence-electron chi connectivity index (χ4n) is 1.00. The number of carboxylic acids is 1. The van der Waals surface area contributed by atoms with Crippen molar-refractivity contribution in [2.24, 2.45) is 0 Å². The summed E-state index contributed by atoms with van der Waals surface area (Å²) < 4.78 is 45.2. The van der Waals surface area contributed by atoms with E-state index in [-0.39, 0.29) is 58.8 Å². The number of carboxylic acid groups (broad SMARTS) is 1. The summed E-state index contributed by atoms with van der Waals surface area (Å²) in [5.74, 6) is -2.74. The van der Waals surface area contributed by atoms with Gasteiger partial charge < -0.3 is 22.0 Å². The van der Waals surface area contributed by atoms with Gasteiger partial charge in [0, 0.05) is 12.5 Å². The van der Waals surface area contributed by atoms with Crippen LogP contribution in [0.2, 0.25) is 0 Å². The third kappa shape index (κ3) is 7.12. The van der Waals surface area contributed by atoms with E-state index in [1.54, 1.807) is 0 Å². The van der Waals surface area contributed by atoms with Crippen molar-refractivity contribution in [3.63, 3.8) is 0 Å². The number of aromatic carboxylic acids is 1. The number of hydrogen-bond acceptors (Lipinski definition) is 9. The van der Waals surface area contributed by atoms with Gasteiger partial charge in [0.15, 0.2) is 25.5 Å². The molecule has 0 aliphatic carbocycles. The van der Waals surface area contributed by atoms with Crippen LogP contribution < -0.4 is 56.1 Å². The number of carbonyl (C=O) groups is 2. The van der Waals surface area contributed by atoms with Crippen LogP contribution in [0.1, 0.15) is 10.4 Å². The van der Waals surface area contributed by atoms with Crippen molar-refractivity contribution < 1.29 is 88.2 Å². The molecule has 1 heterocycles. The first-order valence-corrected chi connectivity index (χ1v) is 9.09. The molecule has 1 unspecified atom stereocenters. The maximum Gasteiger partial charge on any atom is 1.00 e. The van der Waals surface area contributed by atoms with Gasteiger partial charge in [-0.15, -0.1) is 0 Å². The molecule has 0 aromatic carbocycles. The first-order chi connectivity index (χ1) is 9.12. The van der Waals surface area contributed by atoms with E-state index in [0.29, 0.717) is 11.5 Å². The third-order valence-corrected chi connectivity index (χ3v) is 4.79. The second-order valence-corrected chi connectivity index (χ2v) is 7.78. The van der Waals surface area contributed by atoms with E-state index >= 15 is 0 Å². The Hall–Kier alpha value is 0.106. The van der Waals surface area contributed by atoms with Crippen molar-refractivity contribution in [3.05, 3.63) is 13.0 Å². The Kier molecular flexibility index (Phi) is 11.2. The van der Waals surface area contributed by atoms with Gasteiger partial charge in [-0.05, 0) is 11.5 Å². The van der Waals surface area contributed by atoms with Gasteiger partial charge in [-0.2, -0.15) is 4.37 Å². The monoisotopic (exact) mass is 397 g/mol. The molecule has 0 aliphatic rings. The van der Waals surface area contributed by atoms with Crippen molar-refractivity contribution in [2.75, 3.05) is 18.5 Å². The summed E-state index contributed by atoms with van der Waals surface area (Å²) in [4.78, 5) is 22.2. The molecule has 0 saturated carbocycles. The molecule has 1 aromatic rings. The van der Waals surface area contributed by atoms with Gasteiger partial charge in [-0.3, -0.25) is 4.21 Å². The summed E-state index contributed by atoms with van der Waals surface area (Å²) >= 11 is 0.366. The molecular weight excluding hydrogens is 385 g/mol. The molecule has 0 radical (unpaired) electrons. The Morgan fingerprint density at radius 2 is 1.95 bits per heavy atom. The van der Waals surface area contributed by atoms with Gasteiger partial charge in [0.25, 0.3) is 5.88 Å². The van der Waals surface area contributed by atoms with E-state index in [9.17, 15) is 22.2 Å². The van der Waals surface area contributed by atoms with E-state index in [4.69, 9.17) is 5.11 Å². The molecule has 0 bridgehead atoms. The van der Waals surface area contributed by atoms with Crippen LogP contribution in [0.4, 0.5) is 4.79 Å². The summed E-state index contributed by atoms with van der Waals surface area (Å²) in [5.41, 5.74) is -0.743. The Bertz CT molecular complexity index is 668. The van der Waals surface area contributed by atoms with Crippen LogP contribution in [0.5, 0.6) is 5.88 Å². The fraction of sp³-hybridized carbons (Fsp3) is 0.333. The van der Waals surface area contributed by atoms with Gasteiger partial charge in [0.05, 0.1) is 10.8 Å². The SMILES string of the molecule is CS(=O)COC(=O)Oc1nsc(S(C)(=O)=O)c1C(=O)O.[CH3-].[K+]. The standard InChI is InChI=1S/C8H9NO8S3.CH3.K/c1-19(13)3-16-8(12)17-5-4(6(10)11)7(18-9-5)20(2,14)15;;/h3H2,1-2H3,(H,10,11);1H3;/q;-1;+1. The molecule has 1 aromatic heterocycles. The molecule has 0 spiro atoms. The van der Waals surface area contributed by atoms with Crippen LogP contribution in [0, 0.1) is 7.43 Å². The van der Waals surface area contributed by atoms with E-state index in [2.05, 4.69) is 13.8 Å². The topological polar surface area (TPSA) is 137 Å². The molecular formula is C9H12KNO8S3. The minimum atomic E-state index is -3.82. The van der Waals surface area contributed by atoms with E-state index in [1.165, 1.54) is 6.26 Å². The number of hydrogen-bond donors (Lipinski definition) is 1. The molecule has 0 amide bonds. The van der Waals surface area contributed by atoms with Gasteiger partial charge >= 0.3 is 63.5 Å². The van der Waals surface area contributed by atoms with Crippen molar-refractivity contribution in [1.82, 2.24) is 4.37 Å². The average Bonchev–Trinajstić information content (AvgIpc) is 2.69. The molecule has 1 atom stereocenters. The summed E-state index contributed by atoms with van der Waals surface area (Å²) in [5, 5.41) is 8.95. The predicted octanol–water partition coefficient (Wildman–Crippen LogP) is -2.45. The molecule has 120 valence electrons. The maximum absolute atomic E-state index is 11.4. The number of sulfone groups is 1. The summed E-state index contributed by atoms with van der Waals surface area (Å²) in [7, 11) is -5.24. The summed E-state index contributed by atoms with van der Waals surface area (Å²) in [6.45, 7) is 0. The van der Waals surface area contributed by atoms with E-state index in [0.717, 1.165) is 6.26 Å². The van der Waals surface area contributed by atoms with Crippen LogP contribution in [-0.4, -0.2) is 52.7 Å². The van der Waals surface area contributed by atoms with Crippen LogP contribution >= 0.6 is 11.5 Å². The van der Waals surface area contributed by atoms with Gasteiger partial charge in [0.1, 0.15) is 0 Å². The predicted molar refractivity (Wildman–Crippen MR) is 74.6 cm³/mol. The number of nitrogens with zero attached hydrogens (tertiary/aromatic N) is 1. The van der Waals surface area contributed by atoms with Crippen LogP contribution in [0.25, 0.3) is 0 Å². The average molecular weight is 397 g/mol. The molecule has 0 fully saturated rings. The molecule has 0 aliphatic heterocycles. The molecule has 22 heavy (non-hydrogen) atoms. The zero-order chi connectivity index (χ0) is 15.5. The van der Waals surface area contributed by atoms with E-state index in [1.807, 2.05) is 0 Å². The Labute approximate surface area is 176 Å². The second-order valence-electron chi connectivity index (χ2n) is 3.41. The third-order valence-electron chi connectivity index (χ3n) is 1.70. The Balaban J connectivity index is 0. The summed E-state index contributed by atoms with van der Waals surface area (Å²) in [6, 6.07) is 0. The molecule has 1 N–H and O–H groups in total. The van der Waals surface area contributed by atoms with Crippen LogP contribution in [0.3, 0.4) is 0 Å². The number of ether oxygens (including phenoxy) is 2. The van der Waals surface area contributed by atoms with Gasteiger partial charge in [-0.25, -0.2) is 18.0 Å². The largest absolute Gasteiger partial charge is 1.00 e. The number of aromatic nitrogens is 1. The first kappa shape index (κ1) is 24.4. The van der Waals surface area contributed by atoms with Crippen LogP contribution in [-0.2, 0) is 25.4 Å². The molecule has 0 saturated heterocycles. The van der Waals surface area contributed by atoms with Gasteiger partial charge in [-0.1, -0.05) is 0 Å². The zero-order valence-electron chi connectivity index (χ0n) is 12.2. The Morgan fingerprint density at radius 1 is 1.41 bits per heavy atom. The number of carbonyl (C=O) groups excluding carboxylic acids is 1. The molecule has 1 rings (SSSR count).